The molecule has 0 N–H and O–H groups in total. The molecule has 0 bridgehead atoms. The lowest BCUT2D eigenvalue weighted by Gasteiger charge is -2.16. The topological polar surface area (TPSA) is 46.6 Å². The maximum Gasteiger partial charge on any atom is 0.307 e. The molecule has 1 rings (SSSR count). The molecule has 1 aromatic rings. The molecule has 0 atom stereocenters. The fourth-order valence-electron chi connectivity index (χ4n) is 1.30. The Hall–Kier alpha value is -1.91. The quantitative estimate of drug-likeness (QED) is 0.747. The van der Waals surface area contributed by atoms with Crippen LogP contribution in [0.15, 0.2) is 24.3 Å². The summed E-state index contributed by atoms with van der Waals surface area (Å²) in [6.45, 7) is 0.238. The second-order valence-corrected chi connectivity index (χ2v) is 3.56. The molecule has 0 fully saturated rings. The van der Waals surface area contributed by atoms with Crippen LogP contribution in [-0.2, 0) is 9.53 Å². The van der Waals surface area contributed by atoms with Crippen LogP contribution in [0.3, 0.4) is 0 Å². The lowest BCUT2D eigenvalue weighted by atomic mass is 10.2. The highest BCUT2D eigenvalue weighted by Crippen LogP contribution is 2.06. The van der Waals surface area contributed by atoms with E-state index in [1.807, 2.05) is 0 Å². The van der Waals surface area contributed by atoms with Gasteiger partial charge < -0.3 is 9.64 Å². The van der Waals surface area contributed by atoms with Crippen LogP contribution in [0.4, 0.5) is 4.39 Å². The summed E-state index contributed by atoms with van der Waals surface area (Å²) in [6, 6.07) is 5.43. The van der Waals surface area contributed by atoms with Gasteiger partial charge in [-0.15, -0.1) is 0 Å². The standard InChI is InChI=1S/C12H14FNO3/c1-14(7-6-11(15)17-2)12(16)9-4-3-5-10(13)8-9/h3-5,8H,6-7H2,1-2H3. The molecule has 0 aliphatic rings. The fraction of sp³-hybridized carbons (Fsp3) is 0.333. The molecule has 0 spiro atoms. The molecule has 0 saturated heterocycles. The van der Waals surface area contributed by atoms with E-state index in [1.54, 1.807) is 7.05 Å². The van der Waals surface area contributed by atoms with Crippen LogP contribution < -0.4 is 0 Å². The van der Waals surface area contributed by atoms with E-state index in [4.69, 9.17) is 0 Å². The number of esters is 1. The average molecular weight is 239 g/mol. The number of halogens is 1. The summed E-state index contributed by atoms with van der Waals surface area (Å²) in [5, 5.41) is 0. The predicted molar refractivity (Wildman–Crippen MR) is 60.0 cm³/mol. The molecule has 0 saturated carbocycles. The van der Waals surface area contributed by atoms with Crippen molar-refractivity contribution in [2.24, 2.45) is 0 Å². The summed E-state index contributed by atoms with van der Waals surface area (Å²) in [4.78, 5) is 24.1. The second-order valence-electron chi connectivity index (χ2n) is 3.56. The fourth-order valence-corrected chi connectivity index (χ4v) is 1.30. The Kier molecular flexibility index (Phi) is 4.63. The Balaban J connectivity index is 2.61. The summed E-state index contributed by atoms with van der Waals surface area (Å²) < 4.78 is 17.4. The number of rotatable bonds is 4. The third kappa shape index (κ3) is 3.86. The van der Waals surface area contributed by atoms with E-state index in [1.165, 1.54) is 30.2 Å². The summed E-state index contributed by atoms with van der Waals surface area (Å²) >= 11 is 0. The van der Waals surface area contributed by atoms with Crippen molar-refractivity contribution >= 4 is 11.9 Å². The van der Waals surface area contributed by atoms with Crippen LogP contribution in [0.2, 0.25) is 0 Å². The van der Waals surface area contributed by atoms with Crippen molar-refractivity contribution in [3.8, 4) is 0 Å². The normalized spacial score (nSPS) is 9.82. The van der Waals surface area contributed by atoms with Gasteiger partial charge in [0.05, 0.1) is 13.5 Å². The van der Waals surface area contributed by atoms with E-state index in [2.05, 4.69) is 4.74 Å². The molecule has 0 aliphatic heterocycles. The minimum absolute atomic E-state index is 0.119. The van der Waals surface area contributed by atoms with E-state index >= 15 is 0 Å². The van der Waals surface area contributed by atoms with Gasteiger partial charge in [0.15, 0.2) is 0 Å². The summed E-state index contributed by atoms with van der Waals surface area (Å²) in [5.41, 5.74) is 0.261. The zero-order valence-electron chi connectivity index (χ0n) is 9.77. The van der Waals surface area contributed by atoms with Gasteiger partial charge in [0.2, 0.25) is 0 Å². The molecular formula is C12H14FNO3. The van der Waals surface area contributed by atoms with Gasteiger partial charge in [-0.3, -0.25) is 9.59 Å². The lowest BCUT2D eigenvalue weighted by Crippen LogP contribution is -2.29. The van der Waals surface area contributed by atoms with E-state index in [-0.39, 0.29) is 30.4 Å². The molecule has 0 heterocycles. The highest BCUT2D eigenvalue weighted by Gasteiger charge is 2.13. The average Bonchev–Trinajstić information content (AvgIpc) is 2.34. The highest BCUT2D eigenvalue weighted by molar-refractivity contribution is 5.94. The van der Waals surface area contributed by atoms with E-state index in [9.17, 15) is 14.0 Å². The Morgan fingerprint density at radius 3 is 2.71 bits per heavy atom. The first-order valence-corrected chi connectivity index (χ1v) is 5.12. The van der Waals surface area contributed by atoms with Gasteiger partial charge in [0.25, 0.3) is 5.91 Å². The monoisotopic (exact) mass is 239 g/mol. The number of benzene rings is 1. The predicted octanol–water partition coefficient (Wildman–Crippen LogP) is 1.46. The van der Waals surface area contributed by atoms with Crippen molar-refractivity contribution in [3.05, 3.63) is 35.6 Å². The molecular weight excluding hydrogens is 225 g/mol. The van der Waals surface area contributed by atoms with Crippen molar-refractivity contribution in [3.63, 3.8) is 0 Å². The van der Waals surface area contributed by atoms with Gasteiger partial charge >= 0.3 is 5.97 Å². The molecule has 17 heavy (non-hydrogen) atoms. The van der Waals surface area contributed by atoms with Crippen LogP contribution in [0.5, 0.6) is 0 Å². The van der Waals surface area contributed by atoms with Crippen molar-refractivity contribution < 1.29 is 18.7 Å². The lowest BCUT2D eigenvalue weighted by molar-refractivity contribution is -0.140. The van der Waals surface area contributed by atoms with Crippen LogP contribution in [0, 0.1) is 5.82 Å². The highest BCUT2D eigenvalue weighted by atomic mass is 19.1. The van der Waals surface area contributed by atoms with Gasteiger partial charge in [0.1, 0.15) is 5.82 Å². The maximum absolute atomic E-state index is 12.9. The summed E-state index contributed by atoms with van der Waals surface area (Å²) in [6.07, 6.45) is 0.119. The number of hydrogen-bond acceptors (Lipinski definition) is 3. The molecule has 1 aromatic carbocycles. The minimum Gasteiger partial charge on any atom is -0.469 e. The molecule has 1 amide bonds. The number of carbonyl (C=O) groups is 2. The van der Waals surface area contributed by atoms with E-state index < -0.39 is 5.82 Å². The van der Waals surface area contributed by atoms with Gasteiger partial charge in [-0.25, -0.2) is 4.39 Å². The van der Waals surface area contributed by atoms with Gasteiger partial charge in [-0.05, 0) is 18.2 Å². The van der Waals surface area contributed by atoms with Gasteiger partial charge in [-0.1, -0.05) is 6.07 Å². The SMILES string of the molecule is COC(=O)CCN(C)C(=O)c1cccc(F)c1. The smallest absolute Gasteiger partial charge is 0.307 e. The molecule has 4 nitrogen and oxygen atoms in total. The Bertz CT molecular complexity index is 420. The zero-order valence-corrected chi connectivity index (χ0v) is 9.77. The third-order valence-corrected chi connectivity index (χ3v) is 2.30. The molecule has 5 heteroatoms. The first-order valence-electron chi connectivity index (χ1n) is 5.12. The largest absolute Gasteiger partial charge is 0.469 e. The number of amides is 1. The molecule has 92 valence electrons. The number of nitrogens with zero attached hydrogens (tertiary/aromatic N) is 1. The van der Waals surface area contributed by atoms with E-state index in [0.29, 0.717) is 0 Å². The van der Waals surface area contributed by atoms with Crippen LogP contribution in [-0.4, -0.2) is 37.5 Å². The van der Waals surface area contributed by atoms with Gasteiger partial charge in [-0.2, -0.15) is 0 Å². The van der Waals surface area contributed by atoms with Gasteiger partial charge in [0, 0.05) is 19.2 Å². The van der Waals surface area contributed by atoms with Crippen LogP contribution >= 0.6 is 0 Å². The Morgan fingerprint density at radius 1 is 1.41 bits per heavy atom. The number of ether oxygens (including phenoxy) is 1. The van der Waals surface area contributed by atoms with E-state index in [0.717, 1.165) is 6.07 Å². The summed E-state index contributed by atoms with van der Waals surface area (Å²) in [5.74, 6) is -1.17. The minimum atomic E-state index is -0.461. The molecule has 0 aliphatic carbocycles. The maximum atomic E-state index is 12.9. The molecule has 0 unspecified atom stereocenters. The zero-order chi connectivity index (χ0) is 12.8. The van der Waals surface area contributed by atoms with Crippen molar-refractivity contribution in [2.45, 2.75) is 6.42 Å². The first kappa shape index (κ1) is 13.2. The summed E-state index contributed by atoms with van der Waals surface area (Å²) in [7, 11) is 2.84. The first-order chi connectivity index (χ1) is 8.04. The third-order valence-electron chi connectivity index (χ3n) is 2.30. The number of carbonyl (C=O) groups excluding carboxylic acids is 2. The molecule has 0 aromatic heterocycles. The van der Waals surface area contributed by atoms with Crippen LogP contribution in [0.25, 0.3) is 0 Å². The van der Waals surface area contributed by atoms with Crippen molar-refractivity contribution in [1.82, 2.24) is 4.90 Å². The van der Waals surface area contributed by atoms with Crippen molar-refractivity contribution in [2.75, 3.05) is 20.7 Å². The Morgan fingerprint density at radius 2 is 2.12 bits per heavy atom. The second kappa shape index (κ2) is 5.98. The number of hydrogen-bond donors (Lipinski definition) is 0. The number of methoxy groups -OCH3 is 1. The van der Waals surface area contributed by atoms with Crippen molar-refractivity contribution in [1.29, 1.82) is 0 Å². The van der Waals surface area contributed by atoms with Crippen LogP contribution in [0.1, 0.15) is 16.8 Å². The molecule has 0 radical (unpaired) electrons. The Labute approximate surface area is 99.0 Å².